The molecule has 0 saturated carbocycles. The largest absolute Gasteiger partial charge is 0.507 e. The summed E-state index contributed by atoms with van der Waals surface area (Å²) >= 11 is 0. The van der Waals surface area contributed by atoms with Crippen LogP contribution in [0.3, 0.4) is 0 Å². The van der Waals surface area contributed by atoms with Crippen LogP contribution in [0.25, 0.3) is 5.69 Å². The number of aryl methyl sites for hydroxylation is 1. The normalized spacial score (nSPS) is 17.2. The molecule has 0 amide bonds. The monoisotopic (exact) mass is 544 g/mol. The molecule has 40 heavy (non-hydrogen) atoms. The molecule has 0 radical (unpaired) electrons. The van der Waals surface area contributed by atoms with E-state index in [1.807, 2.05) is 37.3 Å². The lowest BCUT2D eigenvalue weighted by atomic mass is 9.79. The van der Waals surface area contributed by atoms with Gasteiger partial charge in [-0.2, -0.15) is 0 Å². The number of phenols is 1. The molecule has 2 N–H and O–H groups in total. The lowest BCUT2D eigenvalue weighted by Crippen LogP contribution is -2.32. The van der Waals surface area contributed by atoms with Crippen LogP contribution < -0.4 is 5.56 Å². The molecule has 1 saturated heterocycles. The minimum Gasteiger partial charge on any atom is -0.507 e. The summed E-state index contributed by atoms with van der Waals surface area (Å²) in [5.41, 5.74) is 6.21. The van der Waals surface area contributed by atoms with E-state index in [9.17, 15) is 9.90 Å². The van der Waals surface area contributed by atoms with Crippen LogP contribution in [0.15, 0.2) is 52.3 Å². The third-order valence-corrected chi connectivity index (χ3v) is 8.10. The number of aromatic hydroxyl groups is 1. The number of likely N-dealkylation sites (tertiary alicyclic amines) is 1. The lowest BCUT2D eigenvalue weighted by Gasteiger charge is -2.30. The van der Waals surface area contributed by atoms with Gasteiger partial charge >= 0.3 is 0 Å². The van der Waals surface area contributed by atoms with Gasteiger partial charge in [0, 0.05) is 23.8 Å². The smallest absolute Gasteiger partial charge is 0.280 e. The Balaban J connectivity index is 1.63. The Kier molecular flexibility index (Phi) is 8.51. The van der Waals surface area contributed by atoms with Gasteiger partial charge in [-0.3, -0.25) is 19.8 Å². The summed E-state index contributed by atoms with van der Waals surface area (Å²) in [6.07, 6.45) is 2.16. The highest BCUT2D eigenvalue weighted by Crippen LogP contribution is 2.38. The number of aromatic amines is 1. The fourth-order valence-corrected chi connectivity index (χ4v) is 5.71. The van der Waals surface area contributed by atoms with Crippen LogP contribution in [-0.4, -0.2) is 44.6 Å². The summed E-state index contributed by atoms with van der Waals surface area (Å²) in [6, 6.07) is 14.3. The number of aliphatic imine (C=N–C) groups is 1. The van der Waals surface area contributed by atoms with E-state index in [2.05, 4.69) is 77.5 Å². The van der Waals surface area contributed by atoms with Gasteiger partial charge in [0.2, 0.25) is 0 Å². The third kappa shape index (κ3) is 6.27. The molecular formula is C34H48N4O2. The average molecular weight is 545 g/mol. The number of benzene rings is 2. The van der Waals surface area contributed by atoms with Crippen molar-refractivity contribution in [1.82, 2.24) is 14.7 Å². The second kappa shape index (κ2) is 11.4. The van der Waals surface area contributed by atoms with E-state index in [0.717, 1.165) is 47.6 Å². The predicted octanol–water partition coefficient (Wildman–Crippen LogP) is 6.88. The SMILES string of the molecule is Cc1[nH]n(-c2ccccc2)c(=O)c1C(=NC[C@@H]1CCCN1Cc1cc(C(C)(C)C)cc(C(C)(C)C)c1O)C(C)C. The summed E-state index contributed by atoms with van der Waals surface area (Å²) in [6.45, 7) is 21.6. The van der Waals surface area contributed by atoms with Crippen molar-refractivity contribution in [2.75, 3.05) is 13.1 Å². The first-order valence-electron chi connectivity index (χ1n) is 14.7. The molecule has 0 unspecified atom stereocenters. The fourth-order valence-electron chi connectivity index (χ4n) is 5.71. The van der Waals surface area contributed by atoms with Crippen molar-refractivity contribution in [3.63, 3.8) is 0 Å². The summed E-state index contributed by atoms with van der Waals surface area (Å²) in [7, 11) is 0. The minimum atomic E-state index is -0.151. The maximum absolute atomic E-state index is 13.5. The number of aromatic nitrogens is 2. The topological polar surface area (TPSA) is 73.6 Å². The molecule has 4 rings (SSSR count). The van der Waals surface area contributed by atoms with Gasteiger partial charge in [-0.25, -0.2) is 4.68 Å². The zero-order chi connectivity index (χ0) is 29.4. The van der Waals surface area contributed by atoms with E-state index < -0.39 is 0 Å². The Bertz CT molecular complexity index is 1420. The minimum absolute atomic E-state index is 0.00953. The zero-order valence-electron chi connectivity index (χ0n) is 25.9. The molecule has 1 fully saturated rings. The molecule has 2 heterocycles. The standard InChI is InChI=1S/C34H48N4O2/c1-22(2)30(29-23(3)36-38(32(29)40)26-14-11-10-12-15-26)35-20-27-16-13-17-37(27)21-24-18-25(33(4,5)6)19-28(31(24)39)34(7,8)9/h10-12,14-15,18-19,22,27,36,39H,13,16-17,20-21H2,1-9H3/t27-/m0/s1. The summed E-state index contributed by atoms with van der Waals surface area (Å²) in [5, 5.41) is 14.6. The van der Waals surface area contributed by atoms with E-state index in [0.29, 0.717) is 24.4 Å². The molecule has 1 atom stereocenters. The van der Waals surface area contributed by atoms with Crippen LogP contribution in [0.2, 0.25) is 0 Å². The Labute approximate surface area is 240 Å². The first-order chi connectivity index (χ1) is 18.7. The quantitative estimate of drug-likeness (QED) is 0.318. The first kappa shape index (κ1) is 29.9. The molecule has 6 nitrogen and oxygen atoms in total. The summed E-state index contributed by atoms with van der Waals surface area (Å²) < 4.78 is 1.61. The highest BCUT2D eigenvalue weighted by molar-refractivity contribution is 6.02. The number of phenolic OH excluding ortho intramolecular Hbond substituents is 1. The molecule has 2 aromatic carbocycles. The van der Waals surface area contributed by atoms with E-state index in [-0.39, 0.29) is 28.3 Å². The molecule has 0 aliphatic carbocycles. The van der Waals surface area contributed by atoms with Crippen LogP contribution in [0, 0.1) is 12.8 Å². The Morgan fingerprint density at radius 2 is 1.75 bits per heavy atom. The van der Waals surface area contributed by atoms with Crippen molar-refractivity contribution < 1.29 is 5.11 Å². The number of rotatable bonds is 7. The molecule has 0 spiro atoms. The highest BCUT2D eigenvalue weighted by atomic mass is 16.3. The maximum atomic E-state index is 13.5. The fraction of sp³-hybridized carbons (Fsp3) is 0.529. The Morgan fingerprint density at radius 3 is 2.35 bits per heavy atom. The molecule has 1 aliphatic rings. The van der Waals surface area contributed by atoms with Gasteiger partial charge < -0.3 is 5.11 Å². The number of para-hydroxylation sites is 1. The molecule has 0 bridgehead atoms. The predicted molar refractivity (Wildman–Crippen MR) is 166 cm³/mol. The molecule has 1 aliphatic heterocycles. The maximum Gasteiger partial charge on any atom is 0.280 e. The second-order valence-electron chi connectivity index (χ2n) is 13.8. The van der Waals surface area contributed by atoms with Crippen LogP contribution in [0.4, 0.5) is 0 Å². The van der Waals surface area contributed by atoms with Crippen molar-refractivity contribution in [3.05, 3.63) is 80.8 Å². The van der Waals surface area contributed by atoms with Gasteiger partial charge in [0.25, 0.3) is 5.56 Å². The number of nitrogens with zero attached hydrogens (tertiary/aromatic N) is 3. The third-order valence-electron chi connectivity index (χ3n) is 8.10. The van der Waals surface area contributed by atoms with Crippen LogP contribution in [-0.2, 0) is 17.4 Å². The Hall–Kier alpha value is -3.12. The molecule has 3 aromatic rings. The van der Waals surface area contributed by atoms with Gasteiger partial charge in [0.05, 0.1) is 23.5 Å². The summed E-state index contributed by atoms with van der Waals surface area (Å²) in [5.74, 6) is 0.532. The molecule has 216 valence electrons. The van der Waals surface area contributed by atoms with E-state index >= 15 is 0 Å². The van der Waals surface area contributed by atoms with Gasteiger partial charge in [-0.15, -0.1) is 0 Å². The second-order valence-corrected chi connectivity index (χ2v) is 13.8. The van der Waals surface area contributed by atoms with Crippen LogP contribution in [0.1, 0.15) is 96.2 Å². The van der Waals surface area contributed by atoms with Crippen molar-refractivity contribution in [2.45, 2.75) is 98.6 Å². The van der Waals surface area contributed by atoms with Crippen molar-refractivity contribution in [1.29, 1.82) is 0 Å². The van der Waals surface area contributed by atoms with E-state index in [1.54, 1.807) is 4.68 Å². The molecule has 6 heteroatoms. The van der Waals surface area contributed by atoms with E-state index in [1.165, 1.54) is 5.56 Å². The average Bonchev–Trinajstić information content (AvgIpc) is 3.43. The molecule has 1 aromatic heterocycles. The van der Waals surface area contributed by atoms with Crippen molar-refractivity contribution >= 4 is 5.71 Å². The zero-order valence-corrected chi connectivity index (χ0v) is 25.9. The van der Waals surface area contributed by atoms with Gasteiger partial charge in [0.15, 0.2) is 0 Å². The van der Waals surface area contributed by atoms with Gasteiger partial charge in [-0.05, 0) is 66.3 Å². The number of hydrogen-bond donors (Lipinski definition) is 2. The van der Waals surface area contributed by atoms with Crippen LogP contribution in [0.5, 0.6) is 5.75 Å². The Morgan fingerprint density at radius 1 is 1.07 bits per heavy atom. The number of nitrogens with one attached hydrogen (secondary N) is 1. The number of hydrogen-bond acceptors (Lipinski definition) is 4. The number of H-pyrrole nitrogens is 1. The van der Waals surface area contributed by atoms with Crippen molar-refractivity contribution in [3.8, 4) is 11.4 Å². The van der Waals surface area contributed by atoms with E-state index in [4.69, 9.17) is 4.99 Å². The highest BCUT2D eigenvalue weighted by Gasteiger charge is 2.30. The van der Waals surface area contributed by atoms with Gasteiger partial charge in [0.1, 0.15) is 5.75 Å². The lowest BCUT2D eigenvalue weighted by molar-refractivity contribution is 0.246. The first-order valence-corrected chi connectivity index (χ1v) is 14.7. The summed E-state index contributed by atoms with van der Waals surface area (Å²) in [4.78, 5) is 21.1. The van der Waals surface area contributed by atoms with Gasteiger partial charge in [-0.1, -0.05) is 85.7 Å². The van der Waals surface area contributed by atoms with Crippen LogP contribution >= 0.6 is 0 Å². The van der Waals surface area contributed by atoms with Crippen molar-refractivity contribution in [2.24, 2.45) is 10.9 Å². The molecular weight excluding hydrogens is 496 g/mol.